The first-order chi connectivity index (χ1) is 8.41. The summed E-state index contributed by atoms with van der Waals surface area (Å²) >= 11 is 0. The van der Waals surface area contributed by atoms with Crippen LogP contribution >= 0.6 is 0 Å². The molecule has 1 aromatic rings. The van der Waals surface area contributed by atoms with E-state index in [-0.39, 0.29) is 12.2 Å². The maximum absolute atomic E-state index is 11.6. The van der Waals surface area contributed by atoms with E-state index in [2.05, 4.69) is 4.98 Å². The zero-order valence-corrected chi connectivity index (χ0v) is 9.61. The van der Waals surface area contributed by atoms with Gasteiger partial charge in [-0.15, -0.1) is 0 Å². The fourth-order valence-corrected chi connectivity index (χ4v) is 1.81. The molecule has 1 fully saturated rings. The number of rotatable bonds is 1. The zero-order chi connectivity index (χ0) is 13.4. The summed E-state index contributed by atoms with van der Waals surface area (Å²) in [5.74, 6) is 0. The highest BCUT2D eigenvalue weighted by molar-refractivity contribution is 5.02. The van der Waals surface area contributed by atoms with Crippen LogP contribution in [0.15, 0.2) is 15.8 Å². The van der Waals surface area contributed by atoms with Crippen molar-refractivity contribution in [3.8, 4) is 0 Å². The number of aryl methyl sites for hydroxylation is 1. The van der Waals surface area contributed by atoms with Gasteiger partial charge in [-0.25, -0.2) is 4.79 Å². The van der Waals surface area contributed by atoms with Gasteiger partial charge in [0.25, 0.3) is 5.56 Å². The molecule has 0 radical (unpaired) electrons. The van der Waals surface area contributed by atoms with E-state index in [1.165, 1.54) is 13.1 Å². The lowest BCUT2D eigenvalue weighted by atomic mass is 10.0. The van der Waals surface area contributed by atoms with Crippen LogP contribution in [0.25, 0.3) is 0 Å². The molecule has 1 saturated heterocycles. The van der Waals surface area contributed by atoms with Crippen LogP contribution < -0.4 is 11.2 Å². The van der Waals surface area contributed by atoms with Gasteiger partial charge in [0, 0.05) is 11.8 Å². The molecule has 4 atom stereocenters. The summed E-state index contributed by atoms with van der Waals surface area (Å²) in [5, 5.41) is 28.6. The number of aliphatic hydroxyl groups excluding tert-OH is 3. The molecule has 1 aliphatic rings. The van der Waals surface area contributed by atoms with Gasteiger partial charge in [0.1, 0.15) is 18.3 Å². The van der Waals surface area contributed by atoms with Gasteiger partial charge < -0.3 is 20.1 Å². The predicted octanol–water partition coefficient (Wildman–Crippen LogP) is -2.54. The van der Waals surface area contributed by atoms with Gasteiger partial charge in [0.05, 0.1) is 6.61 Å². The SMILES string of the molecule is Cc1cn(C2OCC(O)C(O)C2O)c(=O)[nH]c1=O. The predicted molar refractivity (Wildman–Crippen MR) is 59.1 cm³/mol. The average molecular weight is 258 g/mol. The van der Waals surface area contributed by atoms with Crippen LogP contribution in [0, 0.1) is 6.92 Å². The summed E-state index contributed by atoms with van der Waals surface area (Å²) in [6.07, 6.45) is -4.00. The van der Waals surface area contributed by atoms with E-state index in [1.807, 2.05) is 0 Å². The zero-order valence-electron chi connectivity index (χ0n) is 9.61. The number of aromatic amines is 1. The number of hydrogen-bond acceptors (Lipinski definition) is 6. The fourth-order valence-electron chi connectivity index (χ4n) is 1.81. The topological polar surface area (TPSA) is 125 Å². The lowest BCUT2D eigenvalue weighted by Crippen LogP contribution is -2.52. The van der Waals surface area contributed by atoms with Crippen LogP contribution in [0.4, 0.5) is 0 Å². The Kier molecular flexibility index (Phi) is 3.35. The summed E-state index contributed by atoms with van der Waals surface area (Å²) in [7, 11) is 0. The Morgan fingerprint density at radius 2 is 2.00 bits per heavy atom. The molecule has 8 heteroatoms. The molecule has 8 nitrogen and oxygen atoms in total. The maximum atomic E-state index is 11.6. The van der Waals surface area contributed by atoms with E-state index >= 15 is 0 Å². The lowest BCUT2D eigenvalue weighted by Gasteiger charge is -2.35. The molecule has 0 spiro atoms. The molecular formula is C10H14N2O6. The van der Waals surface area contributed by atoms with Crippen LogP contribution in [0.5, 0.6) is 0 Å². The number of nitrogens with one attached hydrogen (secondary N) is 1. The number of ether oxygens (including phenoxy) is 1. The summed E-state index contributed by atoms with van der Waals surface area (Å²) < 4.78 is 6.10. The summed E-state index contributed by atoms with van der Waals surface area (Å²) in [5.41, 5.74) is -1.01. The normalized spacial score (nSPS) is 32.4. The molecule has 1 aliphatic heterocycles. The number of aliphatic hydroxyl groups is 3. The van der Waals surface area contributed by atoms with Crippen molar-refractivity contribution in [3.05, 3.63) is 32.6 Å². The second-order valence-corrected chi connectivity index (χ2v) is 4.25. The largest absolute Gasteiger partial charge is 0.388 e. The molecule has 0 bridgehead atoms. The van der Waals surface area contributed by atoms with E-state index in [4.69, 9.17) is 4.74 Å². The summed E-state index contributed by atoms with van der Waals surface area (Å²) in [4.78, 5) is 24.9. The van der Waals surface area contributed by atoms with Crippen molar-refractivity contribution in [3.63, 3.8) is 0 Å². The highest BCUT2D eigenvalue weighted by Gasteiger charge is 2.39. The van der Waals surface area contributed by atoms with Gasteiger partial charge in [-0.3, -0.25) is 14.3 Å². The van der Waals surface area contributed by atoms with Crippen molar-refractivity contribution in [1.82, 2.24) is 9.55 Å². The van der Waals surface area contributed by atoms with E-state index in [9.17, 15) is 24.9 Å². The van der Waals surface area contributed by atoms with Crippen molar-refractivity contribution < 1.29 is 20.1 Å². The first-order valence-electron chi connectivity index (χ1n) is 5.39. The van der Waals surface area contributed by atoms with Crippen LogP contribution in [-0.2, 0) is 4.74 Å². The standard InChI is InChI=1S/C10H14N2O6/c1-4-2-12(10(17)11-8(4)16)9-7(15)6(14)5(13)3-18-9/h2,5-7,9,13-15H,3H2,1H3,(H,11,16,17). The van der Waals surface area contributed by atoms with E-state index in [0.717, 1.165) is 4.57 Å². The molecule has 0 aliphatic carbocycles. The Labute approximate surface area is 101 Å². The average Bonchev–Trinajstić information content (AvgIpc) is 2.32. The fraction of sp³-hybridized carbons (Fsp3) is 0.600. The molecule has 2 rings (SSSR count). The Morgan fingerprint density at radius 1 is 1.33 bits per heavy atom. The molecule has 0 saturated carbocycles. The molecule has 100 valence electrons. The monoisotopic (exact) mass is 258 g/mol. The first kappa shape index (κ1) is 13.0. The van der Waals surface area contributed by atoms with Crippen molar-refractivity contribution >= 4 is 0 Å². The van der Waals surface area contributed by atoms with Gasteiger partial charge in [0.2, 0.25) is 0 Å². The molecular weight excluding hydrogens is 244 g/mol. The van der Waals surface area contributed by atoms with Crippen LogP contribution in [-0.4, -0.2) is 49.8 Å². The first-order valence-corrected chi connectivity index (χ1v) is 5.39. The van der Waals surface area contributed by atoms with E-state index < -0.39 is 35.8 Å². The Hall–Kier alpha value is -1.48. The summed E-state index contributed by atoms with van der Waals surface area (Å²) in [6.45, 7) is 1.28. The lowest BCUT2D eigenvalue weighted by molar-refractivity contribution is -0.212. The Morgan fingerprint density at radius 3 is 2.67 bits per heavy atom. The molecule has 4 N–H and O–H groups in total. The minimum absolute atomic E-state index is 0.215. The highest BCUT2D eigenvalue weighted by atomic mass is 16.5. The van der Waals surface area contributed by atoms with E-state index in [1.54, 1.807) is 0 Å². The second-order valence-electron chi connectivity index (χ2n) is 4.25. The quantitative estimate of drug-likeness (QED) is 0.440. The number of aromatic nitrogens is 2. The van der Waals surface area contributed by atoms with Crippen molar-refractivity contribution in [2.24, 2.45) is 0 Å². The van der Waals surface area contributed by atoms with Crippen molar-refractivity contribution in [1.29, 1.82) is 0 Å². The molecule has 2 heterocycles. The molecule has 4 unspecified atom stereocenters. The van der Waals surface area contributed by atoms with Gasteiger partial charge in [-0.2, -0.15) is 0 Å². The second kappa shape index (κ2) is 4.65. The van der Waals surface area contributed by atoms with Crippen LogP contribution in [0.2, 0.25) is 0 Å². The van der Waals surface area contributed by atoms with Gasteiger partial charge in [-0.1, -0.05) is 0 Å². The Balaban J connectivity index is 2.41. The third-order valence-corrected chi connectivity index (χ3v) is 2.89. The van der Waals surface area contributed by atoms with E-state index in [0.29, 0.717) is 0 Å². The molecule has 18 heavy (non-hydrogen) atoms. The molecule has 0 aromatic carbocycles. The van der Waals surface area contributed by atoms with Crippen molar-refractivity contribution in [2.75, 3.05) is 6.61 Å². The minimum atomic E-state index is -1.46. The van der Waals surface area contributed by atoms with Gasteiger partial charge in [0.15, 0.2) is 6.23 Å². The van der Waals surface area contributed by atoms with Gasteiger partial charge >= 0.3 is 5.69 Å². The van der Waals surface area contributed by atoms with Crippen LogP contribution in [0.1, 0.15) is 11.8 Å². The number of hydrogen-bond donors (Lipinski definition) is 4. The maximum Gasteiger partial charge on any atom is 0.330 e. The highest BCUT2D eigenvalue weighted by Crippen LogP contribution is 2.22. The summed E-state index contributed by atoms with van der Waals surface area (Å²) in [6, 6.07) is 0. The molecule has 0 amide bonds. The number of H-pyrrole nitrogens is 1. The number of nitrogens with zero attached hydrogens (tertiary/aromatic N) is 1. The Bertz CT molecular complexity index is 550. The van der Waals surface area contributed by atoms with Crippen LogP contribution in [0.3, 0.4) is 0 Å². The van der Waals surface area contributed by atoms with Gasteiger partial charge in [-0.05, 0) is 6.92 Å². The third-order valence-electron chi connectivity index (χ3n) is 2.89. The minimum Gasteiger partial charge on any atom is -0.388 e. The third kappa shape index (κ3) is 2.10. The molecule has 1 aromatic heterocycles. The smallest absolute Gasteiger partial charge is 0.330 e. The van der Waals surface area contributed by atoms with Crippen molar-refractivity contribution in [2.45, 2.75) is 31.5 Å².